The third-order valence-corrected chi connectivity index (χ3v) is 3.66. The zero-order chi connectivity index (χ0) is 17.4. The van der Waals surface area contributed by atoms with Gasteiger partial charge < -0.3 is 14.8 Å². The maximum atomic E-state index is 12.3. The Bertz CT molecular complexity index is 652. The van der Waals surface area contributed by atoms with Crippen molar-refractivity contribution in [1.82, 2.24) is 0 Å². The Balaban J connectivity index is 1.88. The van der Waals surface area contributed by atoms with Crippen LogP contribution in [0.15, 0.2) is 48.5 Å². The molecule has 1 atom stereocenters. The van der Waals surface area contributed by atoms with Gasteiger partial charge in [-0.2, -0.15) is 0 Å². The summed E-state index contributed by atoms with van der Waals surface area (Å²) in [6.07, 6.45) is 1.56. The molecule has 128 valence electrons. The van der Waals surface area contributed by atoms with Crippen molar-refractivity contribution in [1.29, 1.82) is 0 Å². The molecule has 1 unspecified atom stereocenters. The largest absolute Gasteiger partial charge is 0.494 e. The van der Waals surface area contributed by atoms with Crippen LogP contribution in [0.2, 0.25) is 0 Å². The Kier molecular flexibility index (Phi) is 6.67. The summed E-state index contributed by atoms with van der Waals surface area (Å²) in [4.78, 5) is 12.3. The normalized spacial score (nSPS) is 11.6. The van der Waals surface area contributed by atoms with E-state index < -0.39 is 6.10 Å². The second-order valence-corrected chi connectivity index (χ2v) is 5.74. The van der Waals surface area contributed by atoms with Gasteiger partial charge in [-0.3, -0.25) is 4.79 Å². The van der Waals surface area contributed by atoms with E-state index in [4.69, 9.17) is 9.47 Å². The van der Waals surface area contributed by atoms with Gasteiger partial charge in [0.25, 0.3) is 5.91 Å². The third-order valence-electron chi connectivity index (χ3n) is 3.66. The molecule has 4 heteroatoms. The standard InChI is InChI=1S/C20H25NO3/c1-4-5-14-23-18-12-10-17(11-13-18)21-20(22)16(3)24-19-9-7-6-8-15(19)2/h6-13,16H,4-5,14H2,1-3H3,(H,21,22). The predicted octanol–water partition coefficient (Wildman–Crippen LogP) is 4.58. The lowest BCUT2D eigenvalue weighted by atomic mass is 10.2. The molecule has 1 N–H and O–H groups in total. The Labute approximate surface area is 143 Å². The first-order chi connectivity index (χ1) is 11.6. The predicted molar refractivity (Wildman–Crippen MR) is 96.7 cm³/mol. The number of para-hydroxylation sites is 1. The Morgan fingerprint density at radius 1 is 1.12 bits per heavy atom. The summed E-state index contributed by atoms with van der Waals surface area (Å²) in [5.41, 5.74) is 1.73. The van der Waals surface area contributed by atoms with Crippen molar-refractivity contribution >= 4 is 11.6 Å². The average molecular weight is 327 g/mol. The molecule has 0 fully saturated rings. The molecule has 0 saturated heterocycles. The second kappa shape index (κ2) is 8.96. The van der Waals surface area contributed by atoms with Crippen LogP contribution in [0.25, 0.3) is 0 Å². The van der Waals surface area contributed by atoms with Crippen molar-refractivity contribution in [3.8, 4) is 11.5 Å². The van der Waals surface area contributed by atoms with Gasteiger partial charge in [0.05, 0.1) is 6.61 Å². The summed E-state index contributed by atoms with van der Waals surface area (Å²) >= 11 is 0. The fourth-order valence-electron chi connectivity index (χ4n) is 2.15. The molecule has 0 bridgehead atoms. The van der Waals surface area contributed by atoms with Gasteiger partial charge in [0.2, 0.25) is 0 Å². The van der Waals surface area contributed by atoms with Crippen molar-refractivity contribution in [3.05, 3.63) is 54.1 Å². The van der Waals surface area contributed by atoms with Gasteiger partial charge in [-0.05, 0) is 56.2 Å². The van der Waals surface area contributed by atoms with E-state index in [0.717, 1.165) is 35.6 Å². The lowest BCUT2D eigenvalue weighted by molar-refractivity contribution is -0.122. The molecular formula is C20H25NO3. The SMILES string of the molecule is CCCCOc1ccc(NC(=O)C(C)Oc2ccccc2C)cc1. The molecule has 0 saturated carbocycles. The molecule has 2 aromatic rings. The Hall–Kier alpha value is -2.49. The van der Waals surface area contributed by atoms with E-state index in [1.807, 2.05) is 55.5 Å². The number of carbonyl (C=O) groups is 1. The van der Waals surface area contributed by atoms with E-state index in [2.05, 4.69) is 12.2 Å². The number of aryl methyl sites for hydroxylation is 1. The third kappa shape index (κ3) is 5.30. The Morgan fingerprint density at radius 3 is 2.50 bits per heavy atom. The first-order valence-corrected chi connectivity index (χ1v) is 8.36. The van der Waals surface area contributed by atoms with Crippen LogP contribution in [0.3, 0.4) is 0 Å². The van der Waals surface area contributed by atoms with Gasteiger partial charge in [-0.15, -0.1) is 0 Å². The van der Waals surface area contributed by atoms with Crippen LogP contribution in [-0.2, 0) is 4.79 Å². The average Bonchev–Trinajstić information content (AvgIpc) is 2.58. The number of unbranched alkanes of at least 4 members (excludes halogenated alkanes) is 1. The van der Waals surface area contributed by atoms with Gasteiger partial charge in [0, 0.05) is 5.69 Å². The van der Waals surface area contributed by atoms with E-state index in [-0.39, 0.29) is 5.91 Å². The molecule has 0 spiro atoms. The van der Waals surface area contributed by atoms with Crippen LogP contribution in [0, 0.1) is 6.92 Å². The number of nitrogens with one attached hydrogen (secondary N) is 1. The minimum atomic E-state index is -0.577. The quantitative estimate of drug-likeness (QED) is 0.722. The van der Waals surface area contributed by atoms with Crippen molar-refractivity contribution in [2.45, 2.75) is 39.7 Å². The number of ether oxygens (including phenoxy) is 2. The van der Waals surface area contributed by atoms with Crippen molar-refractivity contribution < 1.29 is 14.3 Å². The maximum Gasteiger partial charge on any atom is 0.265 e. The summed E-state index contributed by atoms with van der Waals surface area (Å²) in [5.74, 6) is 1.35. The highest BCUT2D eigenvalue weighted by atomic mass is 16.5. The summed E-state index contributed by atoms with van der Waals surface area (Å²) in [5, 5.41) is 2.86. The number of hydrogen-bond donors (Lipinski definition) is 1. The molecular weight excluding hydrogens is 302 g/mol. The number of rotatable bonds is 8. The van der Waals surface area contributed by atoms with Gasteiger partial charge in [0.1, 0.15) is 11.5 Å². The smallest absolute Gasteiger partial charge is 0.265 e. The van der Waals surface area contributed by atoms with Gasteiger partial charge in [-0.1, -0.05) is 31.5 Å². The highest BCUT2D eigenvalue weighted by Crippen LogP contribution is 2.19. The highest BCUT2D eigenvalue weighted by molar-refractivity contribution is 5.94. The summed E-state index contributed by atoms with van der Waals surface area (Å²) < 4.78 is 11.3. The molecule has 0 aliphatic heterocycles. The number of benzene rings is 2. The second-order valence-electron chi connectivity index (χ2n) is 5.74. The molecule has 0 heterocycles. The van der Waals surface area contributed by atoms with Crippen LogP contribution in [-0.4, -0.2) is 18.6 Å². The molecule has 0 aliphatic carbocycles. The molecule has 24 heavy (non-hydrogen) atoms. The number of amides is 1. The molecule has 0 aromatic heterocycles. The lowest BCUT2D eigenvalue weighted by Gasteiger charge is -2.16. The molecule has 2 aromatic carbocycles. The van der Waals surface area contributed by atoms with Crippen LogP contribution in [0.4, 0.5) is 5.69 Å². The maximum absolute atomic E-state index is 12.3. The van der Waals surface area contributed by atoms with E-state index in [1.165, 1.54) is 0 Å². The van der Waals surface area contributed by atoms with Crippen LogP contribution < -0.4 is 14.8 Å². The summed E-state index contributed by atoms with van der Waals surface area (Å²) in [7, 11) is 0. The first kappa shape index (κ1) is 17.9. The topological polar surface area (TPSA) is 47.6 Å². The zero-order valence-electron chi connectivity index (χ0n) is 14.5. The zero-order valence-corrected chi connectivity index (χ0v) is 14.5. The van der Waals surface area contributed by atoms with Crippen molar-refractivity contribution in [2.24, 2.45) is 0 Å². The molecule has 2 rings (SSSR count). The Morgan fingerprint density at radius 2 is 1.83 bits per heavy atom. The monoisotopic (exact) mass is 327 g/mol. The lowest BCUT2D eigenvalue weighted by Crippen LogP contribution is -2.30. The first-order valence-electron chi connectivity index (χ1n) is 8.36. The fraction of sp³-hybridized carbons (Fsp3) is 0.350. The van der Waals surface area contributed by atoms with Crippen LogP contribution in [0.5, 0.6) is 11.5 Å². The number of anilines is 1. The minimum absolute atomic E-state index is 0.182. The van der Waals surface area contributed by atoms with Crippen LogP contribution >= 0.6 is 0 Å². The summed E-state index contributed by atoms with van der Waals surface area (Å²) in [6, 6.07) is 15.0. The van der Waals surface area contributed by atoms with Crippen molar-refractivity contribution in [2.75, 3.05) is 11.9 Å². The number of hydrogen-bond acceptors (Lipinski definition) is 3. The fourth-order valence-corrected chi connectivity index (χ4v) is 2.15. The van der Waals surface area contributed by atoms with Gasteiger partial charge in [-0.25, -0.2) is 0 Å². The van der Waals surface area contributed by atoms with E-state index >= 15 is 0 Å². The van der Waals surface area contributed by atoms with Gasteiger partial charge in [0.15, 0.2) is 6.10 Å². The van der Waals surface area contributed by atoms with E-state index in [9.17, 15) is 4.79 Å². The molecule has 0 aliphatic rings. The highest BCUT2D eigenvalue weighted by Gasteiger charge is 2.15. The molecule has 0 radical (unpaired) electrons. The molecule has 4 nitrogen and oxygen atoms in total. The molecule has 1 amide bonds. The van der Waals surface area contributed by atoms with E-state index in [1.54, 1.807) is 6.92 Å². The van der Waals surface area contributed by atoms with Crippen molar-refractivity contribution in [3.63, 3.8) is 0 Å². The minimum Gasteiger partial charge on any atom is -0.494 e. The van der Waals surface area contributed by atoms with Crippen LogP contribution in [0.1, 0.15) is 32.3 Å². The summed E-state index contributed by atoms with van der Waals surface area (Å²) in [6.45, 7) is 6.53. The number of carbonyl (C=O) groups excluding carboxylic acids is 1. The van der Waals surface area contributed by atoms with E-state index in [0.29, 0.717) is 6.61 Å². The van der Waals surface area contributed by atoms with Gasteiger partial charge >= 0.3 is 0 Å².